The standard InChI is InChI=1S/C9H13BrN2/c10-9-4-3-8(12)6-7(9)2-1-5-11/h3-4,6H,1-2,5,11-12H2. The summed E-state index contributed by atoms with van der Waals surface area (Å²) < 4.78 is 1.12. The second-order valence-corrected chi connectivity index (χ2v) is 3.60. The van der Waals surface area contributed by atoms with Crippen molar-refractivity contribution < 1.29 is 0 Å². The number of benzene rings is 1. The van der Waals surface area contributed by atoms with Gasteiger partial charge < -0.3 is 11.5 Å². The maximum Gasteiger partial charge on any atom is 0.0317 e. The van der Waals surface area contributed by atoms with Crippen LogP contribution in [-0.2, 0) is 6.42 Å². The van der Waals surface area contributed by atoms with Gasteiger partial charge in [0.2, 0.25) is 0 Å². The van der Waals surface area contributed by atoms with Gasteiger partial charge in [-0.1, -0.05) is 15.9 Å². The van der Waals surface area contributed by atoms with E-state index in [0.29, 0.717) is 0 Å². The minimum absolute atomic E-state index is 0.723. The van der Waals surface area contributed by atoms with E-state index in [1.807, 2.05) is 18.2 Å². The molecule has 0 fully saturated rings. The van der Waals surface area contributed by atoms with Crippen LogP contribution in [0.3, 0.4) is 0 Å². The molecular weight excluding hydrogens is 216 g/mol. The Labute approximate surface area is 81.1 Å². The molecule has 0 amide bonds. The third-order valence-corrected chi connectivity index (χ3v) is 2.49. The summed E-state index contributed by atoms with van der Waals surface area (Å²) in [6.45, 7) is 0.723. The van der Waals surface area contributed by atoms with Crippen LogP contribution in [0.4, 0.5) is 5.69 Å². The van der Waals surface area contributed by atoms with E-state index in [0.717, 1.165) is 29.5 Å². The molecule has 0 saturated heterocycles. The highest BCUT2D eigenvalue weighted by Crippen LogP contribution is 2.20. The second kappa shape index (κ2) is 4.48. The molecule has 1 rings (SSSR count). The Balaban J connectivity index is 2.75. The van der Waals surface area contributed by atoms with Crippen LogP contribution in [0.2, 0.25) is 0 Å². The molecule has 0 aliphatic carbocycles. The molecule has 1 aromatic rings. The summed E-state index contributed by atoms with van der Waals surface area (Å²) in [7, 11) is 0. The average Bonchev–Trinajstić information content (AvgIpc) is 2.07. The van der Waals surface area contributed by atoms with Crippen LogP contribution in [-0.4, -0.2) is 6.54 Å². The Bertz CT molecular complexity index is 261. The first-order valence-corrected chi connectivity index (χ1v) is 4.77. The van der Waals surface area contributed by atoms with Gasteiger partial charge in [-0.2, -0.15) is 0 Å². The molecule has 0 heterocycles. The van der Waals surface area contributed by atoms with E-state index in [2.05, 4.69) is 15.9 Å². The van der Waals surface area contributed by atoms with Gasteiger partial charge in [0, 0.05) is 10.2 Å². The fourth-order valence-electron chi connectivity index (χ4n) is 1.08. The van der Waals surface area contributed by atoms with E-state index in [9.17, 15) is 0 Å². The summed E-state index contributed by atoms with van der Waals surface area (Å²) >= 11 is 3.46. The van der Waals surface area contributed by atoms with Crippen LogP contribution >= 0.6 is 15.9 Å². The molecular formula is C9H13BrN2. The van der Waals surface area contributed by atoms with Gasteiger partial charge in [0.15, 0.2) is 0 Å². The largest absolute Gasteiger partial charge is 0.399 e. The molecule has 0 unspecified atom stereocenters. The maximum absolute atomic E-state index is 5.65. The molecule has 3 heteroatoms. The predicted molar refractivity (Wildman–Crippen MR) is 55.9 cm³/mol. The minimum atomic E-state index is 0.723. The van der Waals surface area contributed by atoms with Crippen molar-refractivity contribution >= 4 is 21.6 Å². The highest BCUT2D eigenvalue weighted by Gasteiger charge is 1.98. The SMILES string of the molecule is NCCCc1cc(N)ccc1Br. The third kappa shape index (κ3) is 2.50. The number of anilines is 1. The zero-order valence-electron chi connectivity index (χ0n) is 6.89. The van der Waals surface area contributed by atoms with Crippen LogP contribution in [0.1, 0.15) is 12.0 Å². The van der Waals surface area contributed by atoms with E-state index in [4.69, 9.17) is 11.5 Å². The van der Waals surface area contributed by atoms with Crippen molar-refractivity contribution in [3.05, 3.63) is 28.2 Å². The van der Waals surface area contributed by atoms with E-state index in [1.54, 1.807) is 0 Å². The fourth-order valence-corrected chi connectivity index (χ4v) is 1.52. The van der Waals surface area contributed by atoms with Gasteiger partial charge in [0.25, 0.3) is 0 Å². The molecule has 66 valence electrons. The number of hydrogen-bond donors (Lipinski definition) is 2. The molecule has 0 spiro atoms. The molecule has 0 radical (unpaired) electrons. The van der Waals surface area contributed by atoms with Crippen LogP contribution in [0.15, 0.2) is 22.7 Å². The first kappa shape index (κ1) is 9.55. The summed E-state index contributed by atoms with van der Waals surface area (Å²) in [5, 5.41) is 0. The van der Waals surface area contributed by atoms with Crippen LogP contribution < -0.4 is 11.5 Å². The molecule has 12 heavy (non-hydrogen) atoms. The molecule has 1 aromatic carbocycles. The molecule has 0 bridgehead atoms. The predicted octanol–water partition coefficient (Wildman–Crippen LogP) is 1.92. The summed E-state index contributed by atoms with van der Waals surface area (Å²) in [6.07, 6.45) is 1.99. The zero-order chi connectivity index (χ0) is 8.97. The lowest BCUT2D eigenvalue weighted by atomic mass is 10.1. The summed E-state index contributed by atoms with van der Waals surface area (Å²) in [4.78, 5) is 0. The van der Waals surface area contributed by atoms with Gasteiger partial charge in [-0.15, -0.1) is 0 Å². The number of halogens is 1. The Kier molecular flexibility index (Phi) is 3.56. The van der Waals surface area contributed by atoms with E-state index in [-0.39, 0.29) is 0 Å². The number of rotatable bonds is 3. The number of nitrogens with two attached hydrogens (primary N) is 2. The summed E-state index contributed by atoms with van der Waals surface area (Å²) in [5.74, 6) is 0. The lowest BCUT2D eigenvalue weighted by Gasteiger charge is -2.03. The summed E-state index contributed by atoms with van der Waals surface area (Å²) in [5.41, 5.74) is 13.1. The lowest BCUT2D eigenvalue weighted by molar-refractivity contribution is 0.830. The van der Waals surface area contributed by atoms with Crippen LogP contribution in [0, 0.1) is 0 Å². The Hall–Kier alpha value is -0.540. The van der Waals surface area contributed by atoms with Crippen molar-refractivity contribution in [3.8, 4) is 0 Å². The monoisotopic (exact) mass is 228 g/mol. The maximum atomic E-state index is 5.65. The molecule has 4 N–H and O–H groups in total. The van der Waals surface area contributed by atoms with Crippen LogP contribution in [0.5, 0.6) is 0 Å². The van der Waals surface area contributed by atoms with Crippen molar-refractivity contribution in [1.29, 1.82) is 0 Å². The third-order valence-electron chi connectivity index (χ3n) is 1.72. The molecule has 0 aliphatic heterocycles. The Morgan fingerprint density at radius 2 is 2.08 bits per heavy atom. The van der Waals surface area contributed by atoms with Gasteiger partial charge >= 0.3 is 0 Å². The summed E-state index contributed by atoms with van der Waals surface area (Å²) in [6, 6.07) is 5.84. The first-order valence-electron chi connectivity index (χ1n) is 3.98. The van der Waals surface area contributed by atoms with Crippen molar-refractivity contribution in [2.75, 3.05) is 12.3 Å². The number of aryl methyl sites for hydroxylation is 1. The second-order valence-electron chi connectivity index (χ2n) is 2.74. The quantitative estimate of drug-likeness (QED) is 0.778. The molecule has 2 nitrogen and oxygen atoms in total. The highest BCUT2D eigenvalue weighted by molar-refractivity contribution is 9.10. The van der Waals surface area contributed by atoms with Gasteiger partial charge in [0.05, 0.1) is 0 Å². The van der Waals surface area contributed by atoms with Gasteiger partial charge in [-0.3, -0.25) is 0 Å². The van der Waals surface area contributed by atoms with Gasteiger partial charge in [-0.05, 0) is 43.1 Å². The zero-order valence-corrected chi connectivity index (χ0v) is 8.47. The fraction of sp³-hybridized carbons (Fsp3) is 0.333. The van der Waals surface area contributed by atoms with E-state index < -0.39 is 0 Å². The molecule has 0 aromatic heterocycles. The van der Waals surface area contributed by atoms with Crippen molar-refractivity contribution in [1.82, 2.24) is 0 Å². The Morgan fingerprint density at radius 3 is 2.75 bits per heavy atom. The van der Waals surface area contributed by atoms with Gasteiger partial charge in [0.1, 0.15) is 0 Å². The normalized spacial score (nSPS) is 10.2. The number of hydrogen-bond acceptors (Lipinski definition) is 2. The topological polar surface area (TPSA) is 52.0 Å². The molecule has 0 saturated carbocycles. The minimum Gasteiger partial charge on any atom is -0.399 e. The van der Waals surface area contributed by atoms with Crippen LogP contribution in [0.25, 0.3) is 0 Å². The number of nitrogen functional groups attached to an aromatic ring is 1. The van der Waals surface area contributed by atoms with Crippen molar-refractivity contribution in [2.24, 2.45) is 5.73 Å². The lowest BCUT2D eigenvalue weighted by Crippen LogP contribution is -2.01. The smallest absolute Gasteiger partial charge is 0.0317 e. The van der Waals surface area contributed by atoms with Crippen molar-refractivity contribution in [2.45, 2.75) is 12.8 Å². The first-order chi connectivity index (χ1) is 5.74. The highest BCUT2D eigenvalue weighted by atomic mass is 79.9. The molecule has 0 atom stereocenters. The van der Waals surface area contributed by atoms with Gasteiger partial charge in [-0.25, -0.2) is 0 Å². The average molecular weight is 229 g/mol. The van der Waals surface area contributed by atoms with Crippen molar-refractivity contribution in [3.63, 3.8) is 0 Å². The molecule has 0 aliphatic rings. The van der Waals surface area contributed by atoms with E-state index in [1.165, 1.54) is 5.56 Å². The Morgan fingerprint density at radius 1 is 1.33 bits per heavy atom. The van der Waals surface area contributed by atoms with E-state index >= 15 is 0 Å².